The second-order valence-electron chi connectivity index (χ2n) is 12.9. The molecule has 0 spiro atoms. The summed E-state index contributed by atoms with van der Waals surface area (Å²) in [6.07, 6.45) is -3.42. The Kier molecular flexibility index (Phi) is 9.75. The summed E-state index contributed by atoms with van der Waals surface area (Å²) < 4.78 is 24.0. The smallest absolute Gasteiger partial charge is 0.317 e. The average Bonchev–Trinajstić information content (AvgIpc) is 2.81. The molecule has 2 aliphatic heterocycles. The molecule has 0 aromatic carbocycles. The summed E-state index contributed by atoms with van der Waals surface area (Å²) in [6, 6.07) is 0. The van der Waals surface area contributed by atoms with Crippen molar-refractivity contribution in [3.8, 4) is 0 Å². The Morgan fingerprint density at radius 2 is 1.65 bits per heavy atom. The highest BCUT2D eigenvalue weighted by Gasteiger charge is 2.60. The van der Waals surface area contributed by atoms with E-state index in [1.165, 1.54) is 6.92 Å². The Morgan fingerprint density at radius 3 is 2.22 bits per heavy atom. The molecular weight excluding hydrogens is 480 g/mol. The fraction of sp³-hybridized carbons (Fsp3) is 0.964. The summed E-state index contributed by atoms with van der Waals surface area (Å²) in [6.45, 7) is 14.3. The number of aliphatic hydroxyl groups is 4. The van der Waals surface area contributed by atoms with Crippen LogP contribution in [0.3, 0.4) is 0 Å². The molecule has 1 aliphatic carbocycles. The van der Waals surface area contributed by atoms with Crippen molar-refractivity contribution in [2.75, 3.05) is 6.61 Å². The third kappa shape index (κ3) is 6.18. The van der Waals surface area contributed by atoms with Crippen molar-refractivity contribution in [1.82, 2.24) is 0 Å². The minimum absolute atomic E-state index is 0.0647. The number of carbonyl (C=O) groups is 1. The Bertz CT molecular complexity index is 769. The van der Waals surface area contributed by atoms with Gasteiger partial charge in [0.15, 0.2) is 6.29 Å². The van der Waals surface area contributed by atoms with Crippen molar-refractivity contribution in [1.29, 1.82) is 0 Å². The van der Waals surface area contributed by atoms with Gasteiger partial charge in [-0.1, -0.05) is 27.7 Å². The fourth-order valence-corrected chi connectivity index (χ4v) is 6.51. The number of hydrogen-bond acceptors (Lipinski definition) is 9. The van der Waals surface area contributed by atoms with Crippen LogP contribution < -0.4 is 0 Å². The van der Waals surface area contributed by atoms with Gasteiger partial charge >= 0.3 is 5.97 Å². The Hall–Kier alpha value is -0.810. The van der Waals surface area contributed by atoms with Crippen LogP contribution in [0.25, 0.3) is 0 Å². The van der Waals surface area contributed by atoms with E-state index in [2.05, 4.69) is 20.8 Å². The molecule has 216 valence electrons. The molecule has 13 unspecified atom stereocenters. The number of aliphatic hydroxyl groups excluding tert-OH is 4. The van der Waals surface area contributed by atoms with Gasteiger partial charge in [-0.25, -0.2) is 0 Å². The normalized spacial score (nSPS) is 47.5. The van der Waals surface area contributed by atoms with Gasteiger partial charge < -0.3 is 39.4 Å². The molecule has 2 saturated heterocycles. The van der Waals surface area contributed by atoms with E-state index in [0.29, 0.717) is 5.92 Å². The van der Waals surface area contributed by atoms with E-state index in [9.17, 15) is 25.2 Å². The van der Waals surface area contributed by atoms with Crippen molar-refractivity contribution in [2.45, 2.75) is 136 Å². The van der Waals surface area contributed by atoms with E-state index < -0.39 is 60.4 Å². The minimum Gasteiger partial charge on any atom is -0.459 e. The Balaban J connectivity index is 1.86. The molecule has 2 heterocycles. The predicted molar refractivity (Wildman–Crippen MR) is 136 cm³/mol. The van der Waals surface area contributed by atoms with Gasteiger partial charge in [0.2, 0.25) is 0 Å². The topological polar surface area (TPSA) is 135 Å². The van der Waals surface area contributed by atoms with Crippen LogP contribution >= 0.6 is 0 Å². The van der Waals surface area contributed by atoms with Gasteiger partial charge in [-0.05, 0) is 71.1 Å². The zero-order valence-corrected chi connectivity index (χ0v) is 23.8. The fourth-order valence-electron chi connectivity index (χ4n) is 6.51. The molecule has 3 fully saturated rings. The van der Waals surface area contributed by atoms with Crippen molar-refractivity contribution in [3.63, 3.8) is 0 Å². The number of esters is 1. The molecule has 4 N–H and O–H groups in total. The molecule has 0 bridgehead atoms. The third-order valence-electron chi connectivity index (χ3n) is 8.84. The van der Waals surface area contributed by atoms with E-state index in [0.717, 1.165) is 25.7 Å². The van der Waals surface area contributed by atoms with E-state index in [1.807, 2.05) is 6.92 Å². The first-order chi connectivity index (χ1) is 17.1. The lowest BCUT2D eigenvalue weighted by Gasteiger charge is -2.52. The molecule has 9 heteroatoms. The second-order valence-corrected chi connectivity index (χ2v) is 12.9. The molecule has 0 radical (unpaired) electrons. The monoisotopic (exact) mass is 530 g/mol. The molecule has 3 aliphatic rings. The SMILES string of the molecule is CCC1CCC(C)C(C2C(C)CC(C)C(OC3OC(CO)C(O)C(C)(C(=O)OC(C)(C)C)C3O)C2O)O1. The molecule has 0 aromatic heterocycles. The molecule has 3 rings (SSSR count). The zero-order chi connectivity index (χ0) is 27.9. The number of carbonyl (C=O) groups excluding carboxylic acids is 1. The van der Waals surface area contributed by atoms with Crippen LogP contribution in [0.2, 0.25) is 0 Å². The van der Waals surface area contributed by atoms with Crippen LogP contribution in [-0.2, 0) is 23.7 Å². The summed E-state index contributed by atoms with van der Waals surface area (Å²) in [4.78, 5) is 13.2. The van der Waals surface area contributed by atoms with Crippen LogP contribution in [0.1, 0.15) is 81.1 Å². The maximum atomic E-state index is 13.2. The molecular formula is C28H50O9. The first kappa shape index (κ1) is 30.7. The van der Waals surface area contributed by atoms with Crippen LogP contribution in [0.5, 0.6) is 0 Å². The molecule has 37 heavy (non-hydrogen) atoms. The van der Waals surface area contributed by atoms with Crippen LogP contribution in [0.15, 0.2) is 0 Å². The molecule has 0 amide bonds. The highest BCUT2D eigenvalue weighted by molar-refractivity contribution is 5.78. The van der Waals surface area contributed by atoms with Gasteiger partial charge in [0.05, 0.1) is 31.0 Å². The van der Waals surface area contributed by atoms with Crippen LogP contribution in [0.4, 0.5) is 0 Å². The first-order valence-corrected chi connectivity index (χ1v) is 14.0. The number of rotatable bonds is 6. The van der Waals surface area contributed by atoms with Gasteiger partial charge in [0.25, 0.3) is 0 Å². The van der Waals surface area contributed by atoms with Crippen molar-refractivity contribution < 1.29 is 44.2 Å². The number of hydrogen-bond donors (Lipinski definition) is 4. The quantitative estimate of drug-likeness (QED) is 0.382. The van der Waals surface area contributed by atoms with Crippen LogP contribution in [-0.4, -0.2) is 87.6 Å². The molecule has 9 nitrogen and oxygen atoms in total. The maximum Gasteiger partial charge on any atom is 0.317 e. The summed E-state index contributed by atoms with van der Waals surface area (Å²) in [7, 11) is 0. The molecule has 1 saturated carbocycles. The molecule has 13 atom stereocenters. The van der Waals surface area contributed by atoms with E-state index in [4.69, 9.17) is 18.9 Å². The Morgan fingerprint density at radius 1 is 1.00 bits per heavy atom. The van der Waals surface area contributed by atoms with E-state index in [1.54, 1.807) is 20.8 Å². The lowest BCUT2D eigenvalue weighted by Crippen LogP contribution is -2.67. The first-order valence-electron chi connectivity index (χ1n) is 14.0. The summed E-state index contributed by atoms with van der Waals surface area (Å²) in [5.74, 6) is -0.550. The summed E-state index contributed by atoms with van der Waals surface area (Å²) in [5.41, 5.74) is -2.66. The van der Waals surface area contributed by atoms with Gasteiger partial charge in [-0.15, -0.1) is 0 Å². The lowest BCUT2D eigenvalue weighted by molar-refractivity contribution is -0.336. The van der Waals surface area contributed by atoms with E-state index >= 15 is 0 Å². The highest BCUT2D eigenvalue weighted by atomic mass is 16.7. The lowest BCUT2D eigenvalue weighted by atomic mass is 9.66. The van der Waals surface area contributed by atoms with E-state index in [-0.39, 0.29) is 30.0 Å². The van der Waals surface area contributed by atoms with Gasteiger partial charge in [-0.3, -0.25) is 4.79 Å². The summed E-state index contributed by atoms with van der Waals surface area (Å²) in [5, 5.41) is 43.8. The van der Waals surface area contributed by atoms with Crippen LogP contribution in [0, 0.1) is 29.1 Å². The zero-order valence-electron chi connectivity index (χ0n) is 23.8. The molecule has 0 aromatic rings. The minimum atomic E-state index is -1.81. The largest absolute Gasteiger partial charge is 0.459 e. The second kappa shape index (κ2) is 11.7. The van der Waals surface area contributed by atoms with Crippen molar-refractivity contribution in [2.24, 2.45) is 29.1 Å². The van der Waals surface area contributed by atoms with Crippen molar-refractivity contribution in [3.05, 3.63) is 0 Å². The van der Waals surface area contributed by atoms with Gasteiger partial charge in [-0.2, -0.15) is 0 Å². The Labute approximate surface area is 221 Å². The van der Waals surface area contributed by atoms with Gasteiger partial charge in [0.1, 0.15) is 29.3 Å². The maximum absolute atomic E-state index is 13.2. The average molecular weight is 531 g/mol. The third-order valence-corrected chi connectivity index (χ3v) is 8.84. The van der Waals surface area contributed by atoms with Gasteiger partial charge in [0, 0.05) is 5.92 Å². The standard InChI is InChI=1S/C28H50O9/c1-9-17-11-10-14(2)21(34-17)19-15(3)12-16(4)22(20(19)30)36-25-24(32)28(8,23(31)18(13-29)35-25)26(33)37-27(5,6)7/h14-25,29-32H,9-13H2,1-8H3. The van der Waals surface area contributed by atoms with Crippen molar-refractivity contribution >= 4 is 5.97 Å². The predicted octanol–water partition coefficient (Wildman–Crippen LogP) is 2.41. The summed E-state index contributed by atoms with van der Waals surface area (Å²) >= 11 is 0. The number of ether oxygens (including phenoxy) is 4. The highest BCUT2D eigenvalue weighted by Crippen LogP contribution is 2.45.